The molecule has 1 aromatic carbocycles. The van der Waals surface area contributed by atoms with Gasteiger partial charge in [0.2, 0.25) is 0 Å². The molecule has 2 heterocycles. The van der Waals surface area contributed by atoms with E-state index in [9.17, 15) is 4.79 Å². The Hall–Kier alpha value is -1.61. The van der Waals surface area contributed by atoms with Crippen molar-refractivity contribution in [1.82, 2.24) is 10.3 Å². The van der Waals surface area contributed by atoms with Crippen molar-refractivity contribution in [2.75, 3.05) is 6.54 Å². The highest BCUT2D eigenvalue weighted by molar-refractivity contribution is 5.79. The first-order chi connectivity index (χ1) is 9.22. The SMILES string of the molecule is Cc1ccc2cc(CC3CCCCN3)c(=O)[nH]c2c1. The van der Waals surface area contributed by atoms with Crippen LogP contribution in [0.25, 0.3) is 10.9 Å². The molecule has 0 radical (unpaired) electrons. The fourth-order valence-electron chi connectivity index (χ4n) is 2.88. The first-order valence-corrected chi connectivity index (χ1v) is 7.08. The summed E-state index contributed by atoms with van der Waals surface area (Å²) in [7, 11) is 0. The number of hydrogen-bond acceptors (Lipinski definition) is 2. The van der Waals surface area contributed by atoms with Crippen molar-refractivity contribution < 1.29 is 0 Å². The molecule has 2 N–H and O–H groups in total. The molecular formula is C16H20N2O. The van der Waals surface area contributed by atoms with Crippen LogP contribution in [-0.4, -0.2) is 17.6 Å². The average Bonchev–Trinajstić information content (AvgIpc) is 2.41. The predicted octanol–water partition coefficient (Wildman–Crippen LogP) is 2.52. The number of nitrogens with one attached hydrogen (secondary N) is 2. The van der Waals surface area contributed by atoms with Gasteiger partial charge in [-0.2, -0.15) is 0 Å². The van der Waals surface area contributed by atoms with Crippen LogP contribution < -0.4 is 10.9 Å². The third-order valence-electron chi connectivity index (χ3n) is 3.96. The lowest BCUT2D eigenvalue weighted by molar-refractivity contribution is 0.398. The van der Waals surface area contributed by atoms with Gasteiger partial charge < -0.3 is 10.3 Å². The van der Waals surface area contributed by atoms with Crippen molar-refractivity contribution in [2.45, 2.75) is 38.6 Å². The van der Waals surface area contributed by atoms with Crippen molar-refractivity contribution in [3.8, 4) is 0 Å². The Kier molecular flexibility index (Phi) is 3.38. The second-order valence-electron chi connectivity index (χ2n) is 5.57. The summed E-state index contributed by atoms with van der Waals surface area (Å²) >= 11 is 0. The summed E-state index contributed by atoms with van der Waals surface area (Å²) in [5.41, 5.74) is 3.07. The molecule has 0 aliphatic carbocycles. The van der Waals surface area contributed by atoms with Crippen LogP contribution in [0.1, 0.15) is 30.4 Å². The molecule has 0 bridgehead atoms. The van der Waals surface area contributed by atoms with Crippen LogP contribution in [0.4, 0.5) is 0 Å². The van der Waals surface area contributed by atoms with Gasteiger partial charge in [-0.25, -0.2) is 0 Å². The maximum atomic E-state index is 12.1. The van der Waals surface area contributed by atoms with Gasteiger partial charge in [-0.1, -0.05) is 18.6 Å². The van der Waals surface area contributed by atoms with E-state index in [2.05, 4.69) is 22.4 Å². The Bertz CT molecular complexity index is 639. The lowest BCUT2D eigenvalue weighted by Gasteiger charge is -2.23. The predicted molar refractivity (Wildman–Crippen MR) is 78.7 cm³/mol. The number of aromatic nitrogens is 1. The Morgan fingerprint density at radius 1 is 1.26 bits per heavy atom. The topological polar surface area (TPSA) is 44.9 Å². The minimum Gasteiger partial charge on any atom is -0.322 e. The van der Waals surface area contributed by atoms with Gasteiger partial charge in [-0.3, -0.25) is 4.79 Å². The zero-order chi connectivity index (χ0) is 13.2. The highest BCUT2D eigenvalue weighted by Gasteiger charge is 2.15. The van der Waals surface area contributed by atoms with E-state index < -0.39 is 0 Å². The van der Waals surface area contributed by atoms with Crippen LogP contribution in [-0.2, 0) is 6.42 Å². The second-order valence-corrected chi connectivity index (χ2v) is 5.57. The molecule has 3 heteroatoms. The van der Waals surface area contributed by atoms with Crippen molar-refractivity contribution in [2.24, 2.45) is 0 Å². The van der Waals surface area contributed by atoms with Crippen molar-refractivity contribution in [3.63, 3.8) is 0 Å². The number of hydrogen-bond donors (Lipinski definition) is 2. The number of H-pyrrole nitrogens is 1. The number of pyridine rings is 1. The van der Waals surface area contributed by atoms with Gasteiger partial charge in [-0.05, 0) is 55.8 Å². The number of benzene rings is 1. The van der Waals surface area contributed by atoms with Crippen molar-refractivity contribution in [3.05, 3.63) is 45.7 Å². The molecule has 1 aliphatic rings. The Balaban J connectivity index is 1.92. The number of aryl methyl sites for hydroxylation is 1. The van der Waals surface area contributed by atoms with Gasteiger partial charge in [0.05, 0.1) is 0 Å². The van der Waals surface area contributed by atoms with Crippen LogP contribution in [0, 0.1) is 6.92 Å². The van der Waals surface area contributed by atoms with Gasteiger partial charge in [-0.15, -0.1) is 0 Å². The molecule has 3 rings (SSSR count). The molecule has 1 fully saturated rings. The Morgan fingerprint density at radius 2 is 2.16 bits per heavy atom. The molecule has 100 valence electrons. The maximum absolute atomic E-state index is 12.1. The molecular weight excluding hydrogens is 236 g/mol. The lowest BCUT2D eigenvalue weighted by atomic mass is 9.97. The van der Waals surface area contributed by atoms with E-state index in [0.717, 1.165) is 29.4 Å². The largest absolute Gasteiger partial charge is 0.322 e. The summed E-state index contributed by atoms with van der Waals surface area (Å²) in [4.78, 5) is 15.1. The van der Waals surface area contributed by atoms with Crippen molar-refractivity contribution in [1.29, 1.82) is 0 Å². The van der Waals surface area contributed by atoms with E-state index in [4.69, 9.17) is 0 Å². The molecule has 2 aromatic rings. The standard InChI is InChI=1S/C16H20N2O/c1-11-5-6-12-9-13(16(19)18-15(12)8-11)10-14-4-2-3-7-17-14/h5-6,8-9,14,17H,2-4,7,10H2,1H3,(H,18,19). The van der Waals surface area contributed by atoms with E-state index in [1.165, 1.54) is 24.8 Å². The van der Waals surface area contributed by atoms with Crippen LogP contribution in [0.5, 0.6) is 0 Å². The first kappa shape index (κ1) is 12.4. The number of piperidine rings is 1. The number of aromatic amines is 1. The van der Waals surface area contributed by atoms with Crippen LogP contribution in [0.3, 0.4) is 0 Å². The summed E-state index contributed by atoms with van der Waals surface area (Å²) < 4.78 is 0. The molecule has 1 aliphatic heterocycles. The molecule has 0 saturated carbocycles. The van der Waals surface area contributed by atoms with E-state index >= 15 is 0 Å². The Labute approximate surface area is 113 Å². The quantitative estimate of drug-likeness (QED) is 0.867. The number of fused-ring (bicyclic) bond motifs is 1. The fourth-order valence-corrected chi connectivity index (χ4v) is 2.88. The third kappa shape index (κ3) is 2.71. The molecule has 1 atom stereocenters. The molecule has 1 unspecified atom stereocenters. The smallest absolute Gasteiger partial charge is 0.251 e. The molecule has 0 amide bonds. The highest BCUT2D eigenvalue weighted by Crippen LogP contribution is 2.16. The summed E-state index contributed by atoms with van der Waals surface area (Å²) in [6, 6.07) is 8.70. The molecule has 1 saturated heterocycles. The van der Waals surface area contributed by atoms with Crippen LogP contribution in [0.15, 0.2) is 29.1 Å². The van der Waals surface area contributed by atoms with Crippen LogP contribution >= 0.6 is 0 Å². The van der Waals surface area contributed by atoms with Gasteiger partial charge in [0.25, 0.3) is 5.56 Å². The zero-order valence-corrected chi connectivity index (χ0v) is 11.3. The summed E-state index contributed by atoms with van der Waals surface area (Å²) in [5.74, 6) is 0. The third-order valence-corrected chi connectivity index (χ3v) is 3.96. The van der Waals surface area contributed by atoms with E-state index in [-0.39, 0.29) is 5.56 Å². The summed E-state index contributed by atoms with van der Waals surface area (Å²) in [5, 5.41) is 4.62. The monoisotopic (exact) mass is 256 g/mol. The molecule has 19 heavy (non-hydrogen) atoms. The van der Waals surface area contributed by atoms with Gasteiger partial charge in [0.15, 0.2) is 0 Å². The number of rotatable bonds is 2. The molecule has 0 spiro atoms. The van der Waals surface area contributed by atoms with Gasteiger partial charge >= 0.3 is 0 Å². The van der Waals surface area contributed by atoms with E-state index in [1.807, 2.05) is 19.1 Å². The highest BCUT2D eigenvalue weighted by atomic mass is 16.1. The van der Waals surface area contributed by atoms with E-state index in [1.54, 1.807) is 0 Å². The normalized spacial score (nSPS) is 19.7. The molecule has 1 aromatic heterocycles. The Morgan fingerprint density at radius 3 is 2.95 bits per heavy atom. The summed E-state index contributed by atoms with van der Waals surface area (Å²) in [6.45, 7) is 3.12. The van der Waals surface area contributed by atoms with Crippen LogP contribution in [0.2, 0.25) is 0 Å². The summed E-state index contributed by atoms with van der Waals surface area (Å²) in [6.07, 6.45) is 4.52. The van der Waals surface area contributed by atoms with Gasteiger partial charge in [0, 0.05) is 17.1 Å². The lowest BCUT2D eigenvalue weighted by Crippen LogP contribution is -2.36. The van der Waals surface area contributed by atoms with Gasteiger partial charge in [0.1, 0.15) is 0 Å². The second kappa shape index (κ2) is 5.17. The minimum absolute atomic E-state index is 0.0606. The maximum Gasteiger partial charge on any atom is 0.251 e. The minimum atomic E-state index is 0.0606. The molecule has 3 nitrogen and oxygen atoms in total. The average molecular weight is 256 g/mol. The van der Waals surface area contributed by atoms with Crippen molar-refractivity contribution >= 4 is 10.9 Å². The fraction of sp³-hybridized carbons (Fsp3) is 0.438. The first-order valence-electron chi connectivity index (χ1n) is 7.08. The van der Waals surface area contributed by atoms with E-state index in [0.29, 0.717) is 6.04 Å². The zero-order valence-electron chi connectivity index (χ0n) is 11.3.